The van der Waals surface area contributed by atoms with Gasteiger partial charge >= 0.3 is 0 Å². The van der Waals surface area contributed by atoms with Crippen molar-refractivity contribution in [2.45, 2.75) is 26.2 Å². The summed E-state index contributed by atoms with van der Waals surface area (Å²) in [6.07, 6.45) is 3.75. The maximum atomic E-state index is 12.8. The van der Waals surface area contributed by atoms with E-state index in [1.165, 1.54) is 30.3 Å². The Morgan fingerprint density at radius 3 is 2.18 bits per heavy atom. The third kappa shape index (κ3) is 8.27. The summed E-state index contributed by atoms with van der Waals surface area (Å²) in [5, 5.41) is 9.49. The second-order valence-electron chi connectivity index (χ2n) is 7.66. The Kier molecular flexibility index (Phi) is 10.7. The molecule has 0 fully saturated rings. The number of anilines is 2. The Morgan fingerprint density at radius 1 is 1.03 bits per heavy atom. The Bertz CT molecular complexity index is 1100. The van der Waals surface area contributed by atoms with E-state index in [2.05, 4.69) is 4.72 Å². The fraction of sp³-hybridized carbons (Fsp3) is 0.360. The lowest BCUT2D eigenvalue weighted by Gasteiger charge is -2.22. The largest absolute Gasteiger partial charge is 0.366 e. The quantitative estimate of drug-likeness (QED) is 0.171. The number of carbonyl (C=O) groups is 1. The summed E-state index contributed by atoms with van der Waals surface area (Å²) in [4.78, 5) is 14.3. The molecule has 0 saturated heterocycles. The van der Waals surface area contributed by atoms with Gasteiger partial charge < -0.3 is 4.90 Å². The van der Waals surface area contributed by atoms with Crippen LogP contribution < -0.4 is 9.62 Å². The smallest absolute Gasteiger partial charge is 0.232 e. The Balaban J connectivity index is 2.12. The number of nitrogens with one attached hydrogen (secondary N) is 1. The number of carbonyl (C=O) groups excluding carboxylic acids is 1. The molecular weight excluding hydrogens is 460 g/mol. The van der Waals surface area contributed by atoms with E-state index < -0.39 is 29.2 Å². The van der Waals surface area contributed by atoms with E-state index in [1.807, 2.05) is 13.0 Å². The van der Waals surface area contributed by atoms with Crippen molar-refractivity contribution in [3.05, 3.63) is 65.2 Å². The molecule has 2 rings (SSSR count). The summed E-state index contributed by atoms with van der Waals surface area (Å²) < 4.78 is 52.1. The first-order valence-electron chi connectivity index (χ1n) is 11.1. The van der Waals surface area contributed by atoms with Gasteiger partial charge in [0.05, 0.1) is 5.75 Å². The van der Waals surface area contributed by atoms with Crippen LogP contribution in [0.5, 0.6) is 0 Å². The topological polar surface area (TPSA) is 90.3 Å². The molecule has 0 heterocycles. The molecule has 0 bridgehead atoms. The molecule has 1 N–H and O–H groups in total. The highest BCUT2D eigenvalue weighted by Crippen LogP contribution is 2.19. The highest BCUT2D eigenvalue weighted by Gasteiger charge is 2.14. The highest BCUT2D eigenvalue weighted by molar-refractivity contribution is 7.92. The van der Waals surface area contributed by atoms with E-state index in [9.17, 15) is 27.3 Å². The van der Waals surface area contributed by atoms with Crippen molar-refractivity contribution in [2.75, 3.05) is 41.8 Å². The summed E-state index contributed by atoms with van der Waals surface area (Å²) in [7, 11) is -3.46. The summed E-state index contributed by atoms with van der Waals surface area (Å²) in [5.74, 6) is -0.471. The molecule has 182 valence electrons. The number of rotatable bonds is 14. The maximum absolute atomic E-state index is 12.8. The number of alkyl halides is 2. The molecule has 0 spiro atoms. The lowest BCUT2D eigenvalue weighted by Crippen LogP contribution is -2.27. The molecule has 0 unspecified atom stereocenters. The Labute approximate surface area is 199 Å². The number of unbranched alkanes of at least 4 members (excludes halogenated alkanes) is 2. The van der Waals surface area contributed by atoms with E-state index in [1.54, 1.807) is 29.2 Å². The number of ketones is 1. The molecule has 0 aliphatic carbocycles. The van der Waals surface area contributed by atoms with Gasteiger partial charge in [-0.1, -0.05) is 31.9 Å². The normalized spacial score (nSPS) is 11.6. The number of Topliss-reactive ketones (excluding diaryl/α,β-unsaturated/α-hetero) is 1. The van der Waals surface area contributed by atoms with Crippen molar-refractivity contribution in [1.82, 2.24) is 0 Å². The molecule has 0 aliphatic rings. The van der Waals surface area contributed by atoms with Crippen LogP contribution in [0.15, 0.2) is 54.1 Å². The van der Waals surface area contributed by atoms with Gasteiger partial charge in [0.15, 0.2) is 0 Å². The van der Waals surface area contributed by atoms with E-state index in [0.29, 0.717) is 23.4 Å². The van der Waals surface area contributed by atoms with Crippen LogP contribution in [-0.2, 0) is 10.0 Å². The van der Waals surface area contributed by atoms with Crippen LogP contribution in [0.1, 0.15) is 42.1 Å². The van der Waals surface area contributed by atoms with Crippen LogP contribution in [-0.4, -0.2) is 46.4 Å². The number of benzene rings is 2. The predicted molar refractivity (Wildman–Crippen MR) is 132 cm³/mol. The molecule has 0 atom stereocenters. The molecule has 0 saturated carbocycles. The number of sulfonamides is 1. The second-order valence-corrected chi connectivity index (χ2v) is 9.50. The van der Waals surface area contributed by atoms with Crippen molar-refractivity contribution in [3.63, 3.8) is 0 Å². The molecule has 9 heteroatoms. The van der Waals surface area contributed by atoms with Gasteiger partial charge in [-0.3, -0.25) is 9.52 Å². The highest BCUT2D eigenvalue weighted by atomic mass is 32.2. The summed E-state index contributed by atoms with van der Waals surface area (Å²) in [6, 6.07) is 14.5. The number of allylic oxidation sites excluding steroid dienone is 1. The van der Waals surface area contributed by atoms with Crippen molar-refractivity contribution in [3.8, 4) is 6.07 Å². The molecule has 0 aliphatic heterocycles. The Morgan fingerprint density at radius 2 is 1.65 bits per heavy atom. The zero-order chi connectivity index (χ0) is 25.0. The van der Waals surface area contributed by atoms with Crippen LogP contribution in [0.4, 0.5) is 20.2 Å². The molecule has 0 radical (unpaired) electrons. The first-order chi connectivity index (χ1) is 16.3. The zero-order valence-electron chi connectivity index (χ0n) is 19.1. The monoisotopic (exact) mass is 489 g/mol. The van der Waals surface area contributed by atoms with E-state index in [-0.39, 0.29) is 30.0 Å². The summed E-state index contributed by atoms with van der Waals surface area (Å²) in [5.41, 5.74) is 1.73. The molecule has 0 amide bonds. The molecular formula is C25H29F2N3O3S. The van der Waals surface area contributed by atoms with Crippen LogP contribution in [0.25, 0.3) is 6.08 Å². The fourth-order valence-electron chi connectivity index (χ4n) is 3.29. The van der Waals surface area contributed by atoms with Gasteiger partial charge in [-0.2, -0.15) is 5.26 Å². The van der Waals surface area contributed by atoms with Gasteiger partial charge in [0, 0.05) is 30.0 Å². The SMILES string of the molecule is CCCCCS(=O)(=O)Nc1ccc(C(=O)C(C#N)=Cc2ccc(N(CCF)CCF)cc2)cc1. The summed E-state index contributed by atoms with van der Waals surface area (Å²) in [6.45, 7) is 0.936. The van der Waals surface area contributed by atoms with Crippen LogP contribution >= 0.6 is 0 Å². The average molecular weight is 490 g/mol. The Hall–Kier alpha value is -3.25. The zero-order valence-corrected chi connectivity index (χ0v) is 20.0. The molecule has 0 aromatic heterocycles. The van der Waals surface area contributed by atoms with Gasteiger partial charge in [-0.25, -0.2) is 17.2 Å². The number of halogens is 2. The van der Waals surface area contributed by atoms with Crippen molar-refractivity contribution >= 4 is 33.3 Å². The van der Waals surface area contributed by atoms with Crippen molar-refractivity contribution in [1.29, 1.82) is 5.26 Å². The number of nitrogens with zero attached hydrogens (tertiary/aromatic N) is 2. The molecule has 2 aromatic carbocycles. The minimum Gasteiger partial charge on any atom is -0.366 e. The second kappa shape index (κ2) is 13.5. The number of hydrogen-bond donors (Lipinski definition) is 1. The number of nitriles is 1. The minimum absolute atomic E-state index is 0.0287. The van der Waals surface area contributed by atoms with E-state index in [4.69, 9.17) is 0 Å². The maximum Gasteiger partial charge on any atom is 0.232 e. The summed E-state index contributed by atoms with van der Waals surface area (Å²) >= 11 is 0. The van der Waals surface area contributed by atoms with Crippen LogP contribution in [0, 0.1) is 11.3 Å². The standard InChI is InChI=1S/C25H29F2N3O3S/c1-2-3-4-17-34(32,33)29-23-9-7-21(8-10-23)25(31)22(19-28)18-20-5-11-24(12-6-20)30(15-13-26)16-14-27/h5-12,18,29H,2-4,13-17H2,1H3. The average Bonchev–Trinajstić information content (AvgIpc) is 2.83. The fourth-order valence-corrected chi connectivity index (χ4v) is 4.47. The first-order valence-corrected chi connectivity index (χ1v) is 12.7. The minimum atomic E-state index is -3.46. The lowest BCUT2D eigenvalue weighted by molar-refractivity contribution is 0.104. The van der Waals surface area contributed by atoms with Gasteiger partial charge in [-0.15, -0.1) is 0 Å². The van der Waals surface area contributed by atoms with Crippen molar-refractivity contribution in [2.24, 2.45) is 0 Å². The van der Waals surface area contributed by atoms with Crippen LogP contribution in [0.3, 0.4) is 0 Å². The third-order valence-corrected chi connectivity index (χ3v) is 6.45. The molecule has 34 heavy (non-hydrogen) atoms. The van der Waals surface area contributed by atoms with E-state index in [0.717, 1.165) is 12.8 Å². The van der Waals surface area contributed by atoms with E-state index >= 15 is 0 Å². The lowest BCUT2D eigenvalue weighted by atomic mass is 10.0. The number of hydrogen-bond acceptors (Lipinski definition) is 5. The first kappa shape index (κ1) is 27.0. The van der Waals surface area contributed by atoms with Crippen molar-refractivity contribution < 1.29 is 22.0 Å². The molecule has 6 nitrogen and oxygen atoms in total. The van der Waals surface area contributed by atoms with Gasteiger partial charge in [0.25, 0.3) is 0 Å². The van der Waals surface area contributed by atoms with Gasteiger partial charge in [0.1, 0.15) is 25.0 Å². The predicted octanol–water partition coefficient (Wildman–Crippen LogP) is 5.15. The van der Waals surface area contributed by atoms with Crippen LogP contribution in [0.2, 0.25) is 0 Å². The van der Waals surface area contributed by atoms with Gasteiger partial charge in [0.2, 0.25) is 15.8 Å². The molecule has 2 aromatic rings. The third-order valence-electron chi connectivity index (χ3n) is 5.08. The van der Waals surface area contributed by atoms with Gasteiger partial charge in [-0.05, 0) is 54.5 Å².